The summed E-state index contributed by atoms with van der Waals surface area (Å²) in [5.74, 6) is -0.119. The number of carbonyl (C=O) groups excluding carboxylic acids is 2. The summed E-state index contributed by atoms with van der Waals surface area (Å²) in [6.07, 6.45) is 2.45. The number of aliphatic hydroxyl groups excluding tert-OH is 1. The zero-order valence-corrected chi connectivity index (χ0v) is 23.0. The van der Waals surface area contributed by atoms with Gasteiger partial charge in [0, 0.05) is 44.7 Å². The Morgan fingerprint density at radius 3 is 2.65 bits per heavy atom. The highest BCUT2D eigenvalue weighted by Gasteiger charge is 2.29. The van der Waals surface area contributed by atoms with Gasteiger partial charge in [-0.3, -0.25) is 9.48 Å². The van der Waals surface area contributed by atoms with Crippen molar-refractivity contribution in [2.75, 3.05) is 32.1 Å². The Labute approximate surface area is 220 Å². The van der Waals surface area contributed by atoms with Gasteiger partial charge in [-0.2, -0.15) is 0 Å². The summed E-state index contributed by atoms with van der Waals surface area (Å²) in [5.41, 5.74) is 2.65. The maximum atomic E-state index is 13.0. The lowest BCUT2D eigenvalue weighted by Crippen LogP contribution is -2.48. The third-order valence-corrected chi connectivity index (χ3v) is 6.85. The number of aliphatic hydroxyl groups is 1. The molecule has 0 unspecified atom stereocenters. The number of aromatic nitrogens is 3. The van der Waals surface area contributed by atoms with Crippen LogP contribution < -0.4 is 5.32 Å². The summed E-state index contributed by atoms with van der Waals surface area (Å²) in [5, 5.41) is 21.0. The number of amides is 3. The number of nitrogens with zero attached hydrogens (tertiary/aromatic N) is 5. The largest absolute Gasteiger partial charge is 0.394 e. The second-order valence-corrected chi connectivity index (χ2v) is 11.1. The van der Waals surface area contributed by atoms with E-state index in [9.17, 15) is 14.7 Å². The molecule has 37 heavy (non-hydrogen) atoms. The predicted molar refractivity (Wildman–Crippen MR) is 142 cm³/mol. The molecule has 0 saturated heterocycles. The molecule has 10 heteroatoms. The van der Waals surface area contributed by atoms with E-state index in [2.05, 4.69) is 36.4 Å². The molecule has 1 aromatic heterocycles. The number of ether oxygens (including phenoxy) is 1. The SMILES string of the molecule is C[C@@H]1CN([C@@H](C)CO)C(=O)CCCn2cc(nn2)CO[C@@H]1CN(C)C(=O)Nc1ccc(C(C)(C)C)cc1. The molecule has 2 aromatic rings. The molecule has 0 spiro atoms. The molecule has 204 valence electrons. The highest BCUT2D eigenvalue weighted by atomic mass is 16.5. The van der Waals surface area contributed by atoms with Crippen LogP contribution in [0.3, 0.4) is 0 Å². The average Bonchev–Trinajstić information content (AvgIpc) is 3.31. The maximum Gasteiger partial charge on any atom is 0.321 e. The number of rotatable bonds is 5. The molecule has 1 aromatic carbocycles. The third-order valence-electron chi connectivity index (χ3n) is 6.85. The van der Waals surface area contributed by atoms with Gasteiger partial charge in [-0.05, 0) is 36.5 Å². The molecule has 2 N–H and O–H groups in total. The van der Waals surface area contributed by atoms with Gasteiger partial charge < -0.3 is 25.0 Å². The standard InChI is InChI=1S/C27H42N6O4/c1-19-14-33(20(2)17-34)25(35)8-7-13-32-15-23(29-30-32)18-37-24(19)16-31(6)26(36)28-22-11-9-21(10-12-22)27(3,4)5/h9-12,15,19-20,24,34H,7-8,13-14,16-18H2,1-6H3,(H,28,36)/t19-,20+,24-/m1/s1. The summed E-state index contributed by atoms with van der Waals surface area (Å²) in [4.78, 5) is 29.3. The Balaban J connectivity index is 1.73. The first-order chi connectivity index (χ1) is 17.5. The van der Waals surface area contributed by atoms with Crippen LogP contribution in [-0.4, -0.2) is 80.7 Å². The Bertz CT molecular complexity index is 1030. The van der Waals surface area contributed by atoms with Crippen LogP contribution in [0.2, 0.25) is 0 Å². The zero-order chi connectivity index (χ0) is 27.2. The van der Waals surface area contributed by atoms with Gasteiger partial charge in [-0.15, -0.1) is 5.10 Å². The van der Waals surface area contributed by atoms with Crippen LogP contribution in [0.15, 0.2) is 30.5 Å². The van der Waals surface area contributed by atoms with Crippen LogP contribution in [0.5, 0.6) is 0 Å². The summed E-state index contributed by atoms with van der Waals surface area (Å²) in [7, 11) is 1.73. The van der Waals surface area contributed by atoms with Gasteiger partial charge in [-0.1, -0.05) is 45.0 Å². The minimum Gasteiger partial charge on any atom is -0.394 e. The number of carbonyl (C=O) groups is 2. The minimum atomic E-state index is -0.369. The number of anilines is 1. The molecule has 10 nitrogen and oxygen atoms in total. The van der Waals surface area contributed by atoms with Crippen LogP contribution in [-0.2, 0) is 28.1 Å². The molecule has 3 atom stereocenters. The number of hydrogen-bond donors (Lipinski definition) is 2. The van der Waals surface area contributed by atoms with Crippen molar-refractivity contribution in [3.63, 3.8) is 0 Å². The molecule has 3 rings (SSSR count). The third kappa shape index (κ3) is 8.00. The monoisotopic (exact) mass is 514 g/mol. The fourth-order valence-corrected chi connectivity index (χ4v) is 4.32. The van der Waals surface area contributed by atoms with E-state index in [1.54, 1.807) is 21.5 Å². The quantitative estimate of drug-likeness (QED) is 0.633. The number of aryl methyl sites for hydroxylation is 1. The highest BCUT2D eigenvalue weighted by Crippen LogP contribution is 2.24. The van der Waals surface area contributed by atoms with Gasteiger partial charge in [0.2, 0.25) is 5.91 Å². The number of nitrogens with one attached hydrogen (secondary N) is 1. The predicted octanol–water partition coefficient (Wildman–Crippen LogP) is 3.26. The summed E-state index contributed by atoms with van der Waals surface area (Å²) < 4.78 is 7.96. The van der Waals surface area contributed by atoms with Gasteiger partial charge in [0.25, 0.3) is 0 Å². The van der Waals surface area contributed by atoms with Crippen molar-refractivity contribution in [2.24, 2.45) is 5.92 Å². The van der Waals surface area contributed by atoms with Crippen molar-refractivity contribution >= 4 is 17.6 Å². The van der Waals surface area contributed by atoms with Gasteiger partial charge in [0.05, 0.1) is 31.6 Å². The second-order valence-electron chi connectivity index (χ2n) is 11.1. The van der Waals surface area contributed by atoms with E-state index in [0.717, 1.165) is 5.69 Å². The van der Waals surface area contributed by atoms with Gasteiger partial charge in [-0.25, -0.2) is 4.79 Å². The molecule has 0 aliphatic carbocycles. The Kier molecular flexibility index (Phi) is 9.67. The van der Waals surface area contributed by atoms with E-state index >= 15 is 0 Å². The Morgan fingerprint density at radius 2 is 2.00 bits per heavy atom. The number of urea groups is 1. The molecule has 0 fully saturated rings. The molecule has 2 heterocycles. The van der Waals surface area contributed by atoms with Crippen molar-refractivity contribution in [3.05, 3.63) is 41.7 Å². The average molecular weight is 515 g/mol. The van der Waals surface area contributed by atoms with Crippen molar-refractivity contribution in [1.29, 1.82) is 0 Å². The van der Waals surface area contributed by atoms with E-state index in [0.29, 0.717) is 38.2 Å². The number of fused-ring (bicyclic) bond motifs is 2. The first-order valence-corrected chi connectivity index (χ1v) is 13.0. The molecule has 3 amide bonds. The summed E-state index contributed by atoms with van der Waals surface area (Å²) in [6.45, 7) is 11.7. The second kappa shape index (κ2) is 12.5. The van der Waals surface area contributed by atoms with Gasteiger partial charge >= 0.3 is 6.03 Å². The van der Waals surface area contributed by atoms with Crippen LogP contribution in [0.25, 0.3) is 0 Å². The molecular weight excluding hydrogens is 472 g/mol. The Hall–Kier alpha value is -2.98. The van der Waals surface area contributed by atoms with E-state index in [-0.39, 0.29) is 48.6 Å². The fourth-order valence-electron chi connectivity index (χ4n) is 4.32. The van der Waals surface area contributed by atoms with Crippen LogP contribution in [0.1, 0.15) is 58.7 Å². The Morgan fingerprint density at radius 1 is 1.30 bits per heavy atom. The van der Waals surface area contributed by atoms with E-state index in [4.69, 9.17) is 4.74 Å². The summed E-state index contributed by atoms with van der Waals surface area (Å²) in [6, 6.07) is 7.32. The normalized spacial score (nSPS) is 20.4. The van der Waals surface area contributed by atoms with Crippen molar-refractivity contribution in [2.45, 2.75) is 78.2 Å². The fraction of sp³-hybridized carbons (Fsp3) is 0.630. The lowest BCUT2D eigenvalue weighted by Gasteiger charge is -2.35. The molecule has 0 radical (unpaired) electrons. The number of likely N-dealkylation sites (N-methyl/N-ethyl adjacent to an activating group) is 1. The van der Waals surface area contributed by atoms with Crippen LogP contribution in [0, 0.1) is 5.92 Å². The van der Waals surface area contributed by atoms with Crippen molar-refractivity contribution in [3.8, 4) is 0 Å². The minimum absolute atomic E-state index is 0.0171. The number of benzene rings is 1. The smallest absolute Gasteiger partial charge is 0.321 e. The maximum absolute atomic E-state index is 13.0. The highest BCUT2D eigenvalue weighted by molar-refractivity contribution is 5.89. The molecular formula is C27H42N6O4. The van der Waals surface area contributed by atoms with Gasteiger partial charge in [0.1, 0.15) is 5.69 Å². The van der Waals surface area contributed by atoms with Crippen LogP contribution in [0.4, 0.5) is 10.5 Å². The van der Waals surface area contributed by atoms with E-state index in [1.807, 2.05) is 44.3 Å². The van der Waals surface area contributed by atoms with Gasteiger partial charge in [0.15, 0.2) is 0 Å². The summed E-state index contributed by atoms with van der Waals surface area (Å²) >= 11 is 0. The molecule has 2 bridgehead atoms. The van der Waals surface area contributed by atoms with E-state index in [1.165, 1.54) is 5.56 Å². The first kappa shape index (κ1) is 28.6. The van der Waals surface area contributed by atoms with Crippen molar-refractivity contribution in [1.82, 2.24) is 24.8 Å². The number of hydrogen-bond acceptors (Lipinski definition) is 6. The molecule has 0 saturated carbocycles. The zero-order valence-electron chi connectivity index (χ0n) is 23.0. The van der Waals surface area contributed by atoms with E-state index < -0.39 is 0 Å². The first-order valence-electron chi connectivity index (χ1n) is 13.0. The lowest BCUT2D eigenvalue weighted by molar-refractivity contribution is -0.136. The lowest BCUT2D eigenvalue weighted by atomic mass is 9.87. The van der Waals surface area contributed by atoms with Crippen LogP contribution >= 0.6 is 0 Å². The van der Waals surface area contributed by atoms with Crippen molar-refractivity contribution < 1.29 is 19.4 Å². The molecule has 1 aliphatic heterocycles. The topological polar surface area (TPSA) is 113 Å². The molecule has 1 aliphatic rings.